The van der Waals surface area contributed by atoms with Gasteiger partial charge < -0.3 is 0 Å². The van der Waals surface area contributed by atoms with Crippen LogP contribution in [0.3, 0.4) is 0 Å². The molecular formula is C28H33N. The van der Waals surface area contributed by atoms with Gasteiger partial charge in [-0.3, -0.25) is 4.99 Å². The molecule has 0 saturated carbocycles. The van der Waals surface area contributed by atoms with Gasteiger partial charge in [0, 0.05) is 23.9 Å². The summed E-state index contributed by atoms with van der Waals surface area (Å²) in [5.74, 6) is 7.22. The minimum Gasteiger partial charge on any atom is -0.261 e. The van der Waals surface area contributed by atoms with Gasteiger partial charge in [0.1, 0.15) is 0 Å². The van der Waals surface area contributed by atoms with E-state index in [-0.39, 0.29) is 0 Å². The molecular weight excluding hydrogens is 350 g/mol. The van der Waals surface area contributed by atoms with Gasteiger partial charge in [0.15, 0.2) is 0 Å². The van der Waals surface area contributed by atoms with E-state index in [1.165, 1.54) is 47.1 Å². The number of allylic oxidation sites excluding steroid dienone is 1. The Morgan fingerprint density at radius 2 is 1.97 bits per heavy atom. The van der Waals surface area contributed by atoms with E-state index in [1.54, 1.807) is 0 Å². The van der Waals surface area contributed by atoms with Gasteiger partial charge in [0.05, 0.1) is 0 Å². The first-order valence-electron chi connectivity index (χ1n) is 10.9. The molecule has 0 unspecified atom stereocenters. The maximum absolute atomic E-state index is 4.81. The predicted molar refractivity (Wildman–Crippen MR) is 126 cm³/mol. The van der Waals surface area contributed by atoms with E-state index in [4.69, 9.17) is 4.99 Å². The molecule has 2 aromatic carbocycles. The Kier molecular flexibility index (Phi) is 7.10. The molecule has 1 aliphatic carbocycles. The predicted octanol–water partition coefficient (Wildman–Crippen LogP) is 7.01. The molecule has 150 valence electrons. The smallest absolute Gasteiger partial charge is 0.0445 e. The Bertz CT molecular complexity index is 993. The molecule has 1 aliphatic rings. The van der Waals surface area contributed by atoms with Gasteiger partial charge in [0.25, 0.3) is 0 Å². The van der Waals surface area contributed by atoms with Crippen molar-refractivity contribution in [3.8, 4) is 11.8 Å². The van der Waals surface area contributed by atoms with Gasteiger partial charge >= 0.3 is 0 Å². The summed E-state index contributed by atoms with van der Waals surface area (Å²) in [5, 5.41) is 0. The minimum absolute atomic E-state index is 0.621. The topological polar surface area (TPSA) is 12.4 Å². The average Bonchev–Trinajstić information content (AvgIpc) is 3.19. The fourth-order valence-corrected chi connectivity index (χ4v) is 4.05. The minimum atomic E-state index is 0.621. The summed E-state index contributed by atoms with van der Waals surface area (Å²) in [7, 11) is 0. The van der Waals surface area contributed by atoms with Crippen LogP contribution in [0.15, 0.2) is 47.6 Å². The van der Waals surface area contributed by atoms with Crippen molar-refractivity contribution in [2.24, 2.45) is 10.9 Å². The van der Waals surface area contributed by atoms with Crippen LogP contribution in [0.25, 0.3) is 5.57 Å². The monoisotopic (exact) mass is 383 g/mol. The first kappa shape index (κ1) is 21.1. The van der Waals surface area contributed by atoms with E-state index in [0.29, 0.717) is 5.92 Å². The Morgan fingerprint density at radius 1 is 1.14 bits per heavy atom. The maximum Gasteiger partial charge on any atom is 0.0445 e. The highest BCUT2D eigenvalue weighted by molar-refractivity contribution is 5.99. The zero-order chi connectivity index (χ0) is 20.8. The van der Waals surface area contributed by atoms with Gasteiger partial charge in [-0.25, -0.2) is 0 Å². The van der Waals surface area contributed by atoms with Crippen molar-refractivity contribution in [2.45, 2.75) is 66.7 Å². The molecule has 29 heavy (non-hydrogen) atoms. The Balaban J connectivity index is 1.89. The molecule has 0 bridgehead atoms. The Hall–Kier alpha value is -2.59. The van der Waals surface area contributed by atoms with Crippen molar-refractivity contribution >= 4 is 11.3 Å². The molecule has 0 aromatic heterocycles. The zero-order valence-corrected chi connectivity index (χ0v) is 18.6. The van der Waals surface area contributed by atoms with Crippen LogP contribution in [0, 0.1) is 17.8 Å². The largest absolute Gasteiger partial charge is 0.261 e. The molecule has 0 heterocycles. The number of nitrogens with zero attached hydrogens (tertiary/aromatic N) is 1. The van der Waals surface area contributed by atoms with Crippen molar-refractivity contribution in [3.05, 3.63) is 76.0 Å². The van der Waals surface area contributed by atoms with Crippen LogP contribution < -0.4 is 0 Å². The Morgan fingerprint density at radius 3 is 2.72 bits per heavy atom. The van der Waals surface area contributed by atoms with E-state index >= 15 is 0 Å². The standard InChI is InChI=1S/C28H33N/c1-6-7-10-25-18-24(15-16-26(25)17-20(2)3)22(5)29-19-21(4)27-13-8-11-23-12-9-14-28(23)27/h8,11,13,15-16,18-20H,6,9,12,14,17H2,1-5H3/b21-19+,29-22+. The van der Waals surface area contributed by atoms with Crippen molar-refractivity contribution in [1.29, 1.82) is 0 Å². The molecule has 0 radical (unpaired) electrons. The lowest BCUT2D eigenvalue weighted by Gasteiger charge is -2.10. The highest BCUT2D eigenvalue weighted by Crippen LogP contribution is 2.29. The first-order chi connectivity index (χ1) is 14.0. The van der Waals surface area contributed by atoms with Gasteiger partial charge in [-0.05, 0) is 84.9 Å². The van der Waals surface area contributed by atoms with Crippen LogP contribution in [0.2, 0.25) is 0 Å². The SMILES string of the molecule is CCC#Cc1cc(/C(C)=N/C=C(\C)c2cccc3c2CCC3)ccc1CC(C)C. The van der Waals surface area contributed by atoms with Gasteiger partial charge in [-0.2, -0.15) is 0 Å². The lowest BCUT2D eigenvalue weighted by atomic mass is 9.95. The summed E-state index contributed by atoms with van der Waals surface area (Å²) >= 11 is 0. The summed E-state index contributed by atoms with van der Waals surface area (Å²) in [4.78, 5) is 4.81. The summed E-state index contributed by atoms with van der Waals surface area (Å²) in [6, 6.07) is 13.3. The first-order valence-corrected chi connectivity index (χ1v) is 10.9. The number of aliphatic imine (C=N–C) groups is 1. The second-order valence-corrected chi connectivity index (χ2v) is 8.45. The number of hydrogen-bond donors (Lipinski definition) is 0. The number of aryl methyl sites for hydroxylation is 1. The molecule has 2 aromatic rings. The molecule has 1 heteroatoms. The van der Waals surface area contributed by atoms with Gasteiger partial charge in [-0.15, -0.1) is 0 Å². The molecule has 0 fully saturated rings. The van der Waals surface area contributed by atoms with Crippen LogP contribution >= 0.6 is 0 Å². The molecule has 0 amide bonds. The summed E-state index contributed by atoms with van der Waals surface area (Å²) in [6.45, 7) is 10.9. The van der Waals surface area contributed by atoms with Crippen molar-refractivity contribution in [3.63, 3.8) is 0 Å². The normalized spacial score (nSPS) is 14.0. The number of benzene rings is 2. The van der Waals surface area contributed by atoms with E-state index in [2.05, 4.69) is 82.9 Å². The fourth-order valence-electron chi connectivity index (χ4n) is 4.05. The van der Waals surface area contributed by atoms with Crippen LogP contribution in [0.4, 0.5) is 0 Å². The van der Waals surface area contributed by atoms with E-state index in [0.717, 1.165) is 29.7 Å². The lowest BCUT2D eigenvalue weighted by Crippen LogP contribution is -2.01. The molecule has 0 saturated heterocycles. The van der Waals surface area contributed by atoms with Crippen LogP contribution in [0.5, 0.6) is 0 Å². The molecule has 1 nitrogen and oxygen atoms in total. The van der Waals surface area contributed by atoms with E-state index in [9.17, 15) is 0 Å². The quantitative estimate of drug-likeness (QED) is 0.389. The summed E-state index contributed by atoms with van der Waals surface area (Å²) in [6.07, 6.45) is 7.64. The van der Waals surface area contributed by atoms with Gasteiger partial charge in [-0.1, -0.05) is 62.9 Å². The zero-order valence-electron chi connectivity index (χ0n) is 18.6. The molecule has 3 rings (SSSR count). The van der Waals surface area contributed by atoms with Crippen molar-refractivity contribution in [2.75, 3.05) is 0 Å². The molecule has 0 N–H and O–H groups in total. The van der Waals surface area contributed by atoms with Gasteiger partial charge in [0.2, 0.25) is 0 Å². The van der Waals surface area contributed by atoms with E-state index in [1.807, 2.05) is 6.20 Å². The third-order valence-electron chi connectivity index (χ3n) is 5.58. The second-order valence-electron chi connectivity index (χ2n) is 8.45. The third kappa shape index (κ3) is 5.27. The van der Waals surface area contributed by atoms with Crippen molar-refractivity contribution < 1.29 is 0 Å². The molecule has 0 spiro atoms. The van der Waals surface area contributed by atoms with E-state index < -0.39 is 0 Å². The maximum atomic E-state index is 4.81. The molecule has 0 atom stereocenters. The average molecular weight is 384 g/mol. The Labute approximate surface area is 177 Å². The van der Waals surface area contributed by atoms with Crippen molar-refractivity contribution in [1.82, 2.24) is 0 Å². The lowest BCUT2D eigenvalue weighted by molar-refractivity contribution is 0.646. The fraction of sp³-hybridized carbons (Fsp3) is 0.393. The summed E-state index contributed by atoms with van der Waals surface area (Å²) in [5.41, 5.74) is 10.3. The van der Waals surface area contributed by atoms with Crippen LogP contribution in [-0.2, 0) is 19.3 Å². The third-order valence-corrected chi connectivity index (χ3v) is 5.58. The number of fused-ring (bicyclic) bond motifs is 1. The number of rotatable bonds is 5. The molecule has 0 aliphatic heterocycles. The van der Waals surface area contributed by atoms with Crippen LogP contribution in [0.1, 0.15) is 80.8 Å². The summed E-state index contributed by atoms with van der Waals surface area (Å²) < 4.78 is 0. The number of hydrogen-bond acceptors (Lipinski definition) is 1. The second kappa shape index (κ2) is 9.75. The highest BCUT2D eigenvalue weighted by atomic mass is 14.7. The van der Waals surface area contributed by atoms with Crippen LogP contribution in [-0.4, -0.2) is 5.71 Å². The highest BCUT2D eigenvalue weighted by Gasteiger charge is 2.14.